The third-order valence-corrected chi connectivity index (χ3v) is 2.36. The molecule has 1 N–H and O–H groups in total. The van der Waals surface area contributed by atoms with Gasteiger partial charge in [-0.25, -0.2) is 0 Å². The first kappa shape index (κ1) is 8.72. The number of rotatable bonds is 5. The lowest BCUT2D eigenvalue weighted by Gasteiger charge is -2.23. The Morgan fingerprint density at radius 2 is 2.27 bits per heavy atom. The molecule has 0 aliphatic heterocycles. The van der Waals surface area contributed by atoms with Crippen LogP contribution < -0.4 is 5.32 Å². The van der Waals surface area contributed by atoms with Crippen molar-refractivity contribution in [1.82, 2.24) is 5.32 Å². The molecule has 0 aromatic rings. The summed E-state index contributed by atoms with van der Waals surface area (Å²) in [6, 6.07) is 0. The predicted molar refractivity (Wildman–Crippen MR) is 45.5 cm³/mol. The Morgan fingerprint density at radius 3 is 2.73 bits per heavy atom. The van der Waals surface area contributed by atoms with Crippen LogP contribution in [0.4, 0.5) is 0 Å². The van der Waals surface area contributed by atoms with E-state index in [1.54, 1.807) is 0 Å². The average Bonchev–Trinajstić information content (AvgIpc) is 1.84. The Hall–Kier alpha value is -0.370. The Kier molecular flexibility index (Phi) is 3.57. The number of Topliss-reactive ketones (excluding diaryl/α,β-unsaturated/α-hetero) is 1. The second kappa shape index (κ2) is 4.50. The second-order valence-electron chi connectivity index (χ2n) is 3.20. The highest BCUT2D eigenvalue weighted by atomic mass is 16.1. The van der Waals surface area contributed by atoms with Gasteiger partial charge in [-0.05, 0) is 19.4 Å². The molecule has 0 spiro atoms. The van der Waals surface area contributed by atoms with E-state index in [4.69, 9.17) is 0 Å². The minimum Gasteiger partial charge on any atom is -0.317 e. The molecule has 1 rings (SSSR count). The molecule has 2 nitrogen and oxygen atoms in total. The summed E-state index contributed by atoms with van der Waals surface area (Å²) in [7, 11) is 0. The van der Waals surface area contributed by atoms with Crippen molar-refractivity contribution >= 4 is 5.78 Å². The van der Waals surface area contributed by atoms with Crippen LogP contribution in [-0.4, -0.2) is 18.9 Å². The Balaban J connectivity index is 2.01. The van der Waals surface area contributed by atoms with Gasteiger partial charge in [0.15, 0.2) is 0 Å². The molecular formula is C9H17NO. The van der Waals surface area contributed by atoms with Crippen molar-refractivity contribution in [2.45, 2.75) is 32.6 Å². The molecule has 0 bridgehead atoms. The van der Waals surface area contributed by atoms with Crippen molar-refractivity contribution < 1.29 is 4.79 Å². The zero-order chi connectivity index (χ0) is 8.10. The van der Waals surface area contributed by atoms with E-state index in [0.29, 0.717) is 11.7 Å². The van der Waals surface area contributed by atoms with E-state index in [2.05, 4.69) is 12.2 Å². The molecule has 0 aromatic carbocycles. The number of carbonyl (C=O) groups excluding carboxylic acids is 1. The standard InChI is InChI=1S/C9H17NO/c1-2-10-7-6-9(11)8-4-3-5-8/h8,10H,2-7H2,1H3. The zero-order valence-electron chi connectivity index (χ0n) is 7.23. The van der Waals surface area contributed by atoms with Gasteiger partial charge < -0.3 is 5.32 Å². The molecule has 2 heteroatoms. The maximum atomic E-state index is 11.3. The maximum Gasteiger partial charge on any atom is 0.137 e. The van der Waals surface area contributed by atoms with Crippen LogP contribution in [0.2, 0.25) is 0 Å². The van der Waals surface area contributed by atoms with E-state index in [1.807, 2.05) is 0 Å². The van der Waals surface area contributed by atoms with Gasteiger partial charge >= 0.3 is 0 Å². The molecule has 1 fully saturated rings. The number of nitrogens with one attached hydrogen (secondary N) is 1. The fourth-order valence-corrected chi connectivity index (χ4v) is 1.32. The van der Waals surface area contributed by atoms with Crippen LogP contribution in [0.1, 0.15) is 32.6 Å². The zero-order valence-corrected chi connectivity index (χ0v) is 7.23. The third kappa shape index (κ3) is 2.62. The normalized spacial score (nSPS) is 17.9. The molecule has 0 amide bonds. The minimum absolute atomic E-state index is 0.425. The van der Waals surface area contributed by atoms with Crippen molar-refractivity contribution in [3.05, 3.63) is 0 Å². The van der Waals surface area contributed by atoms with Gasteiger partial charge in [0, 0.05) is 18.9 Å². The molecular weight excluding hydrogens is 138 g/mol. The molecule has 0 unspecified atom stereocenters. The largest absolute Gasteiger partial charge is 0.317 e. The van der Waals surface area contributed by atoms with E-state index in [0.717, 1.165) is 32.4 Å². The van der Waals surface area contributed by atoms with E-state index >= 15 is 0 Å². The number of hydrogen-bond acceptors (Lipinski definition) is 2. The lowest BCUT2D eigenvalue weighted by Crippen LogP contribution is -2.26. The van der Waals surface area contributed by atoms with Crippen LogP contribution in [0, 0.1) is 5.92 Å². The van der Waals surface area contributed by atoms with Gasteiger partial charge in [0.2, 0.25) is 0 Å². The van der Waals surface area contributed by atoms with Crippen molar-refractivity contribution in [1.29, 1.82) is 0 Å². The van der Waals surface area contributed by atoms with Crippen LogP contribution in [0.3, 0.4) is 0 Å². The SMILES string of the molecule is CCNCCC(=O)C1CCC1. The highest BCUT2D eigenvalue weighted by Crippen LogP contribution is 2.27. The molecule has 0 atom stereocenters. The second-order valence-corrected chi connectivity index (χ2v) is 3.20. The van der Waals surface area contributed by atoms with Gasteiger partial charge in [0.25, 0.3) is 0 Å². The molecule has 0 aromatic heterocycles. The molecule has 0 heterocycles. The molecule has 1 aliphatic rings. The van der Waals surface area contributed by atoms with E-state index < -0.39 is 0 Å². The van der Waals surface area contributed by atoms with E-state index in [1.165, 1.54) is 6.42 Å². The first-order valence-corrected chi connectivity index (χ1v) is 4.58. The lowest BCUT2D eigenvalue weighted by molar-refractivity contribution is -0.125. The predicted octanol–water partition coefficient (Wildman–Crippen LogP) is 1.36. The van der Waals surface area contributed by atoms with Crippen LogP contribution >= 0.6 is 0 Å². The van der Waals surface area contributed by atoms with E-state index in [-0.39, 0.29) is 0 Å². The number of ketones is 1. The van der Waals surface area contributed by atoms with Crippen molar-refractivity contribution in [2.24, 2.45) is 5.92 Å². The van der Waals surface area contributed by atoms with Gasteiger partial charge in [-0.15, -0.1) is 0 Å². The summed E-state index contributed by atoms with van der Waals surface area (Å²) in [6.45, 7) is 3.90. The molecule has 11 heavy (non-hydrogen) atoms. The summed E-state index contributed by atoms with van der Waals surface area (Å²) >= 11 is 0. The Morgan fingerprint density at radius 1 is 1.55 bits per heavy atom. The van der Waals surface area contributed by atoms with Gasteiger partial charge in [-0.1, -0.05) is 13.3 Å². The monoisotopic (exact) mass is 155 g/mol. The molecule has 1 aliphatic carbocycles. The van der Waals surface area contributed by atoms with Crippen LogP contribution in [0.15, 0.2) is 0 Å². The summed E-state index contributed by atoms with van der Waals surface area (Å²) < 4.78 is 0. The number of hydrogen-bond donors (Lipinski definition) is 1. The summed E-state index contributed by atoms with van der Waals surface area (Å²) in [6.07, 6.45) is 4.28. The molecule has 0 radical (unpaired) electrons. The van der Waals surface area contributed by atoms with E-state index in [9.17, 15) is 4.79 Å². The van der Waals surface area contributed by atoms with Crippen molar-refractivity contribution in [2.75, 3.05) is 13.1 Å². The average molecular weight is 155 g/mol. The first-order valence-electron chi connectivity index (χ1n) is 4.58. The van der Waals surface area contributed by atoms with Crippen molar-refractivity contribution in [3.63, 3.8) is 0 Å². The van der Waals surface area contributed by atoms with Gasteiger partial charge in [-0.2, -0.15) is 0 Å². The van der Waals surface area contributed by atoms with Crippen LogP contribution in [-0.2, 0) is 4.79 Å². The summed E-state index contributed by atoms with van der Waals surface area (Å²) in [5, 5.41) is 3.16. The maximum absolute atomic E-state index is 11.3. The minimum atomic E-state index is 0.425. The van der Waals surface area contributed by atoms with Gasteiger partial charge in [0.1, 0.15) is 5.78 Å². The highest BCUT2D eigenvalue weighted by molar-refractivity contribution is 5.81. The Labute approximate surface area is 68.4 Å². The molecule has 1 saturated carbocycles. The fraction of sp³-hybridized carbons (Fsp3) is 0.889. The summed E-state index contributed by atoms with van der Waals surface area (Å²) in [5.41, 5.74) is 0. The molecule has 0 saturated heterocycles. The smallest absolute Gasteiger partial charge is 0.137 e. The van der Waals surface area contributed by atoms with Crippen LogP contribution in [0.25, 0.3) is 0 Å². The third-order valence-electron chi connectivity index (χ3n) is 2.36. The molecule has 64 valence electrons. The van der Waals surface area contributed by atoms with Gasteiger partial charge in [-0.3, -0.25) is 4.79 Å². The van der Waals surface area contributed by atoms with Crippen LogP contribution in [0.5, 0.6) is 0 Å². The summed E-state index contributed by atoms with van der Waals surface area (Å²) in [4.78, 5) is 11.3. The summed E-state index contributed by atoms with van der Waals surface area (Å²) in [5.74, 6) is 0.894. The lowest BCUT2D eigenvalue weighted by atomic mass is 9.81. The quantitative estimate of drug-likeness (QED) is 0.607. The topological polar surface area (TPSA) is 29.1 Å². The van der Waals surface area contributed by atoms with Crippen molar-refractivity contribution in [3.8, 4) is 0 Å². The Bertz CT molecular complexity index is 130. The fourth-order valence-electron chi connectivity index (χ4n) is 1.32. The number of carbonyl (C=O) groups is 1. The van der Waals surface area contributed by atoms with Gasteiger partial charge in [0.05, 0.1) is 0 Å². The first-order chi connectivity index (χ1) is 5.34. The highest BCUT2D eigenvalue weighted by Gasteiger charge is 2.23.